The SMILES string of the molecule is COc1cncc(-c2ccc(CNC3CC3)c(Cl)c2)c1. The minimum Gasteiger partial charge on any atom is -0.495 e. The molecule has 0 aliphatic heterocycles. The van der Waals surface area contributed by atoms with E-state index in [1.54, 1.807) is 13.3 Å². The summed E-state index contributed by atoms with van der Waals surface area (Å²) in [6.07, 6.45) is 6.08. The van der Waals surface area contributed by atoms with E-state index in [4.69, 9.17) is 16.3 Å². The molecule has 3 nitrogen and oxygen atoms in total. The van der Waals surface area contributed by atoms with Crippen LogP contribution in [0.15, 0.2) is 36.7 Å². The predicted molar refractivity (Wildman–Crippen MR) is 81.1 cm³/mol. The van der Waals surface area contributed by atoms with Crippen LogP contribution in [0.25, 0.3) is 11.1 Å². The third-order valence-electron chi connectivity index (χ3n) is 3.49. The second-order valence-corrected chi connectivity index (χ2v) is 5.48. The summed E-state index contributed by atoms with van der Waals surface area (Å²) in [5, 5.41) is 4.26. The third-order valence-corrected chi connectivity index (χ3v) is 3.85. The van der Waals surface area contributed by atoms with E-state index in [1.807, 2.05) is 18.3 Å². The number of nitrogens with zero attached hydrogens (tertiary/aromatic N) is 1. The Labute approximate surface area is 123 Å². The zero-order chi connectivity index (χ0) is 13.9. The van der Waals surface area contributed by atoms with Crippen LogP contribution >= 0.6 is 11.6 Å². The van der Waals surface area contributed by atoms with Gasteiger partial charge in [-0.15, -0.1) is 0 Å². The lowest BCUT2D eigenvalue weighted by molar-refractivity contribution is 0.413. The summed E-state index contributed by atoms with van der Waals surface area (Å²) in [7, 11) is 1.64. The molecule has 3 rings (SSSR count). The van der Waals surface area contributed by atoms with Gasteiger partial charge in [-0.05, 0) is 36.1 Å². The highest BCUT2D eigenvalue weighted by molar-refractivity contribution is 6.31. The monoisotopic (exact) mass is 288 g/mol. The molecule has 1 aliphatic carbocycles. The van der Waals surface area contributed by atoms with Crippen molar-refractivity contribution in [2.24, 2.45) is 0 Å². The van der Waals surface area contributed by atoms with E-state index in [-0.39, 0.29) is 0 Å². The minimum absolute atomic E-state index is 0.688. The maximum atomic E-state index is 6.37. The van der Waals surface area contributed by atoms with Gasteiger partial charge in [0.15, 0.2) is 0 Å². The molecule has 4 heteroatoms. The first-order valence-corrected chi connectivity index (χ1v) is 7.15. The van der Waals surface area contributed by atoms with E-state index in [0.717, 1.165) is 34.0 Å². The number of benzene rings is 1. The summed E-state index contributed by atoms with van der Waals surface area (Å²) in [6.45, 7) is 0.833. The quantitative estimate of drug-likeness (QED) is 0.912. The van der Waals surface area contributed by atoms with Crippen molar-refractivity contribution >= 4 is 11.6 Å². The van der Waals surface area contributed by atoms with Gasteiger partial charge in [-0.1, -0.05) is 23.7 Å². The fourth-order valence-electron chi connectivity index (χ4n) is 2.10. The van der Waals surface area contributed by atoms with Gasteiger partial charge in [0.25, 0.3) is 0 Å². The van der Waals surface area contributed by atoms with E-state index < -0.39 is 0 Å². The number of aromatic nitrogens is 1. The average Bonchev–Trinajstić information content (AvgIpc) is 3.30. The Balaban J connectivity index is 1.80. The third kappa shape index (κ3) is 3.11. The number of ether oxygens (including phenoxy) is 1. The molecular weight excluding hydrogens is 272 g/mol. The highest BCUT2D eigenvalue weighted by Gasteiger charge is 2.20. The van der Waals surface area contributed by atoms with Crippen LogP contribution in [0.2, 0.25) is 5.02 Å². The largest absolute Gasteiger partial charge is 0.495 e. The summed E-state index contributed by atoms with van der Waals surface area (Å²) < 4.78 is 5.20. The van der Waals surface area contributed by atoms with Crippen molar-refractivity contribution in [2.75, 3.05) is 7.11 Å². The topological polar surface area (TPSA) is 34.1 Å². The van der Waals surface area contributed by atoms with Gasteiger partial charge in [-0.2, -0.15) is 0 Å². The van der Waals surface area contributed by atoms with E-state index in [1.165, 1.54) is 12.8 Å². The van der Waals surface area contributed by atoms with Crippen LogP contribution in [0.5, 0.6) is 5.75 Å². The first-order chi connectivity index (χ1) is 9.76. The first kappa shape index (κ1) is 13.4. The van der Waals surface area contributed by atoms with Gasteiger partial charge < -0.3 is 10.1 Å². The van der Waals surface area contributed by atoms with Gasteiger partial charge in [-0.3, -0.25) is 4.98 Å². The number of nitrogens with one attached hydrogen (secondary N) is 1. The van der Waals surface area contributed by atoms with Crippen LogP contribution in [0.3, 0.4) is 0 Å². The van der Waals surface area contributed by atoms with Crippen LogP contribution in [0.1, 0.15) is 18.4 Å². The lowest BCUT2D eigenvalue weighted by Gasteiger charge is -2.09. The van der Waals surface area contributed by atoms with Gasteiger partial charge in [0, 0.05) is 29.4 Å². The molecule has 20 heavy (non-hydrogen) atoms. The second-order valence-electron chi connectivity index (χ2n) is 5.07. The molecule has 0 radical (unpaired) electrons. The van der Waals surface area contributed by atoms with Crippen LogP contribution in [-0.4, -0.2) is 18.1 Å². The van der Waals surface area contributed by atoms with Crippen LogP contribution in [-0.2, 0) is 6.54 Å². The highest BCUT2D eigenvalue weighted by atomic mass is 35.5. The lowest BCUT2D eigenvalue weighted by atomic mass is 10.1. The molecule has 0 amide bonds. The molecule has 1 N–H and O–H groups in total. The molecule has 0 unspecified atom stereocenters. The van der Waals surface area contributed by atoms with Crippen LogP contribution in [0, 0.1) is 0 Å². The number of pyridine rings is 1. The van der Waals surface area contributed by atoms with Gasteiger partial charge in [0.1, 0.15) is 5.75 Å². The van der Waals surface area contributed by atoms with Crippen molar-refractivity contribution in [3.63, 3.8) is 0 Å². The van der Waals surface area contributed by atoms with Gasteiger partial charge in [-0.25, -0.2) is 0 Å². The van der Waals surface area contributed by atoms with Gasteiger partial charge in [0.05, 0.1) is 13.3 Å². The molecule has 104 valence electrons. The zero-order valence-corrected chi connectivity index (χ0v) is 12.2. The maximum absolute atomic E-state index is 6.37. The van der Waals surface area contributed by atoms with Crippen molar-refractivity contribution in [3.8, 4) is 16.9 Å². The minimum atomic E-state index is 0.688. The van der Waals surface area contributed by atoms with Crippen molar-refractivity contribution in [2.45, 2.75) is 25.4 Å². The van der Waals surface area contributed by atoms with Crippen LogP contribution < -0.4 is 10.1 Å². The fourth-order valence-corrected chi connectivity index (χ4v) is 2.35. The van der Waals surface area contributed by atoms with Crippen molar-refractivity contribution in [1.29, 1.82) is 0 Å². The predicted octanol–water partition coefficient (Wildman–Crippen LogP) is 3.66. The molecule has 1 fully saturated rings. The smallest absolute Gasteiger partial charge is 0.137 e. The summed E-state index contributed by atoms with van der Waals surface area (Å²) in [6, 6.07) is 8.79. The molecule has 0 bridgehead atoms. The summed E-state index contributed by atoms with van der Waals surface area (Å²) in [5.74, 6) is 0.748. The Morgan fingerprint density at radius 3 is 2.80 bits per heavy atom. The Bertz CT molecular complexity index is 611. The Morgan fingerprint density at radius 1 is 1.25 bits per heavy atom. The normalized spacial score (nSPS) is 14.3. The fraction of sp³-hybridized carbons (Fsp3) is 0.312. The Kier molecular flexibility index (Phi) is 3.90. The van der Waals surface area contributed by atoms with Crippen molar-refractivity contribution in [3.05, 3.63) is 47.2 Å². The number of hydrogen-bond donors (Lipinski definition) is 1. The molecule has 1 aromatic carbocycles. The summed E-state index contributed by atoms with van der Waals surface area (Å²) in [5.41, 5.74) is 3.20. The molecular formula is C16H17ClN2O. The lowest BCUT2D eigenvalue weighted by Crippen LogP contribution is -2.15. The zero-order valence-electron chi connectivity index (χ0n) is 11.4. The molecule has 0 atom stereocenters. The average molecular weight is 289 g/mol. The molecule has 2 aromatic rings. The number of halogens is 1. The first-order valence-electron chi connectivity index (χ1n) is 6.77. The van der Waals surface area contributed by atoms with Crippen molar-refractivity contribution in [1.82, 2.24) is 10.3 Å². The van der Waals surface area contributed by atoms with Gasteiger partial charge in [0.2, 0.25) is 0 Å². The Morgan fingerprint density at radius 2 is 2.10 bits per heavy atom. The molecule has 1 aromatic heterocycles. The number of methoxy groups -OCH3 is 1. The molecule has 1 heterocycles. The maximum Gasteiger partial charge on any atom is 0.137 e. The molecule has 1 aliphatic rings. The van der Waals surface area contributed by atoms with E-state index >= 15 is 0 Å². The molecule has 0 spiro atoms. The van der Waals surface area contributed by atoms with E-state index in [0.29, 0.717) is 6.04 Å². The summed E-state index contributed by atoms with van der Waals surface area (Å²) in [4.78, 5) is 4.17. The molecule has 1 saturated carbocycles. The van der Waals surface area contributed by atoms with Crippen molar-refractivity contribution < 1.29 is 4.74 Å². The van der Waals surface area contributed by atoms with Gasteiger partial charge >= 0.3 is 0 Å². The van der Waals surface area contributed by atoms with Crippen LogP contribution in [0.4, 0.5) is 0 Å². The highest BCUT2D eigenvalue weighted by Crippen LogP contribution is 2.28. The number of rotatable bonds is 5. The molecule has 0 saturated heterocycles. The number of hydrogen-bond acceptors (Lipinski definition) is 3. The van der Waals surface area contributed by atoms with E-state index in [9.17, 15) is 0 Å². The van der Waals surface area contributed by atoms with E-state index in [2.05, 4.69) is 22.4 Å². The second kappa shape index (κ2) is 5.81. The summed E-state index contributed by atoms with van der Waals surface area (Å²) >= 11 is 6.37. The standard InChI is InChI=1S/C16H17ClN2O/c1-20-15-6-13(8-18-10-15)11-2-3-12(16(17)7-11)9-19-14-4-5-14/h2-3,6-8,10,14,19H,4-5,9H2,1H3. The Hall–Kier alpha value is -1.58.